The SMILES string of the molecule is CCC(CC)NC(=O)C1CN(C(=O)C2CC23CCNCC3)c2ccccc2O1. The zero-order chi connectivity index (χ0) is 19.7. The summed E-state index contributed by atoms with van der Waals surface area (Å²) in [5.41, 5.74) is 0.957. The highest BCUT2D eigenvalue weighted by Gasteiger charge is 2.59. The number of carbonyl (C=O) groups is 2. The third-order valence-corrected chi connectivity index (χ3v) is 6.75. The topological polar surface area (TPSA) is 70.7 Å². The fourth-order valence-electron chi connectivity index (χ4n) is 4.73. The third-order valence-electron chi connectivity index (χ3n) is 6.75. The Hall–Kier alpha value is -2.08. The van der Waals surface area contributed by atoms with E-state index >= 15 is 0 Å². The fourth-order valence-corrected chi connectivity index (χ4v) is 4.73. The summed E-state index contributed by atoms with van der Waals surface area (Å²) in [6, 6.07) is 7.70. The van der Waals surface area contributed by atoms with Gasteiger partial charge in [-0.15, -0.1) is 0 Å². The van der Waals surface area contributed by atoms with Crippen LogP contribution < -0.4 is 20.3 Å². The quantitative estimate of drug-likeness (QED) is 0.817. The number of para-hydroxylation sites is 2. The van der Waals surface area contributed by atoms with Gasteiger partial charge < -0.3 is 20.3 Å². The summed E-state index contributed by atoms with van der Waals surface area (Å²) in [6.07, 6.45) is 4.20. The van der Waals surface area contributed by atoms with Crippen molar-refractivity contribution < 1.29 is 14.3 Å². The number of benzene rings is 1. The Morgan fingerprint density at radius 3 is 2.68 bits per heavy atom. The van der Waals surface area contributed by atoms with E-state index in [-0.39, 0.29) is 35.7 Å². The smallest absolute Gasteiger partial charge is 0.263 e. The lowest BCUT2D eigenvalue weighted by atomic mass is 9.91. The van der Waals surface area contributed by atoms with Gasteiger partial charge in [0.25, 0.3) is 5.91 Å². The molecule has 0 radical (unpaired) electrons. The first-order chi connectivity index (χ1) is 13.6. The van der Waals surface area contributed by atoms with E-state index in [2.05, 4.69) is 24.5 Å². The molecule has 6 nitrogen and oxygen atoms in total. The van der Waals surface area contributed by atoms with Crippen molar-refractivity contribution in [1.29, 1.82) is 0 Å². The van der Waals surface area contributed by atoms with Crippen LogP contribution in [0.4, 0.5) is 5.69 Å². The highest BCUT2D eigenvalue weighted by molar-refractivity contribution is 6.00. The number of rotatable bonds is 5. The van der Waals surface area contributed by atoms with Crippen LogP contribution >= 0.6 is 0 Å². The highest BCUT2D eigenvalue weighted by Crippen LogP contribution is 2.59. The number of ether oxygens (including phenoxy) is 1. The van der Waals surface area contributed by atoms with Crippen molar-refractivity contribution in [3.63, 3.8) is 0 Å². The standard InChI is InChI=1S/C22H31N3O3/c1-3-15(4-2)24-20(26)19-14-25(17-7-5-6-8-18(17)28-19)21(27)16-13-22(16)9-11-23-12-10-22/h5-8,15-16,19,23H,3-4,9-14H2,1-2H3,(H,24,26). The van der Waals surface area contributed by atoms with Gasteiger partial charge >= 0.3 is 0 Å². The summed E-state index contributed by atoms with van der Waals surface area (Å²) in [5, 5.41) is 6.46. The third kappa shape index (κ3) is 3.50. The zero-order valence-electron chi connectivity index (χ0n) is 16.9. The Balaban J connectivity index is 1.53. The minimum atomic E-state index is -0.665. The predicted molar refractivity (Wildman–Crippen MR) is 108 cm³/mol. The van der Waals surface area contributed by atoms with Crippen LogP contribution in [0.3, 0.4) is 0 Å². The van der Waals surface area contributed by atoms with Gasteiger partial charge in [-0.3, -0.25) is 9.59 Å². The molecule has 1 saturated heterocycles. The summed E-state index contributed by atoms with van der Waals surface area (Å²) in [4.78, 5) is 28.0. The molecule has 2 unspecified atom stereocenters. The first kappa shape index (κ1) is 19.2. The molecule has 2 atom stereocenters. The molecule has 1 aromatic carbocycles. The maximum absolute atomic E-state index is 13.4. The van der Waals surface area contributed by atoms with Crippen molar-refractivity contribution in [1.82, 2.24) is 10.6 Å². The number of hydrogen-bond acceptors (Lipinski definition) is 4. The van der Waals surface area contributed by atoms with Gasteiger partial charge in [-0.1, -0.05) is 26.0 Å². The Morgan fingerprint density at radius 1 is 1.25 bits per heavy atom. The molecule has 2 aliphatic heterocycles. The van der Waals surface area contributed by atoms with Crippen LogP contribution in [0.2, 0.25) is 0 Å². The first-order valence-electron chi connectivity index (χ1n) is 10.7. The molecular weight excluding hydrogens is 354 g/mol. The van der Waals surface area contributed by atoms with Gasteiger partial charge in [0.1, 0.15) is 5.75 Å². The number of hydrogen-bond donors (Lipinski definition) is 2. The maximum Gasteiger partial charge on any atom is 0.263 e. The summed E-state index contributed by atoms with van der Waals surface area (Å²) in [5.74, 6) is 0.710. The Bertz CT molecular complexity index is 740. The number of piperidine rings is 1. The summed E-state index contributed by atoms with van der Waals surface area (Å²) in [6.45, 7) is 6.39. The highest BCUT2D eigenvalue weighted by atomic mass is 16.5. The molecule has 28 heavy (non-hydrogen) atoms. The van der Waals surface area contributed by atoms with Crippen molar-refractivity contribution in [3.8, 4) is 5.75 Å². The molecule has 1 saturated carbocycles. The van der Waals surface area contributed by atoms with Gasteiger partial charge in [0.15, 0.2) is 6.10 Å². The zero-order valence-corrected chi connectivity index (χ0v) is 16.9. The molecule has 1 spiro atoms. The lowest BCUT2D eigenvalue weighted by Crippen LogP contribution is -2.53. The molecule has 2 N–H and O–H groups in total. The minimum Gasteiger partial charge on any atom is -0.477 e. The number of fused-ring (bicyclic) bond motifs is 1. The van der Waals surface area contributed by atoms with Crippen LogP contribution in [-0.4, -0.2) is 43.6 Å². The van der Waals surface area contributed by atoms with Crippen molar-refractivity contribution >= 4 is 17.5 Å². The Labute approximate surface area is 167 Å². The summed E-state index contributed by atoms with van der Waals surface area (Å²) < 4.78 is 5.99. The van der Waals surface area contributed by atoms with E-state index in [1.54, 1.807) is 4.90 Å². The van der Waals surface area contributed by atoms with Gasteiger partial charge in [-0.05, 0) is 62.7 Å². The molecule has 2 heterocycles. The monoisotopic (exact) mass is 385 g/mol. The van der Waals surface area contributed by atoms with E-state index in [0.29, 0.717) is 5.75 Å². The molecule has 3 aliphatic rings. The van der Waals surface area contributed by atoms with Crippen LogP contribution in [0, 0.1) is 11.3 Å². The molecule has 2 amide bonds. The molecule has 152 valence electrons. The molecule has 0 aromatic heterocycles. The Morgan fingerprint density at radius 2 is 1.96 bits per heavy atom. The van der Waals surface area contributed by atoms with Crippen LogP contribution in [0.15, 0.2) is 24.3 Å². The fraction of sp³-hybridized carbons (Fsp3) is 0.636. The van der Waals surface area contributed by atoms with Gasteiger partial charge in [-0.2, -0.15) is 0 Å². The van der Waals surface area contributed by atoms with E-state index in [4.69, 9.17) is 4.74 Å². The van der Waals surface area contributed by atoms with Crippen molar-refractivity contribution in [3.05, 3.63) is 24.3 Å². The maximum atomic E-state index is 13.4. The van der Waals surface area contributed by atoms with Crippen molar-refractivity contribution in [2.75, 3.05) is 24.5 Å². The molecule has 0 bridgehead atoms. The predicted octanol–water partition coefficient (Wildman–Crippen LogP) is 2.48. The second kappa shape index (κ2) is 7.74. The lowest BCUT2D eigenvalue weighted by molar-refractivity contribution is -0.129. The summed E-state index contributed by atoms with van der Waals surface area (Å²) >= 11 is 0. The average molecular weight is 386 g/mol. The first-order valence-corrected chi connectivity index (χ1v) is 10.7. The Kier molecular flexibility index (Phi) is 5.32. The minimum absolute atomic E-state index is 0.0727. The number of amides is 2. The number of carbonyl (C=O) groups excluding carboxylic acids is 2. The lowest BCUT2D eigenvalue weighted by Gasteiger charge is -2.35. The normalized spacial score (nSPS) is 25.2. The van der Waals surface area contributed by atoms with E-state index in [9.17, 15) is 9.59 Å². The van der Waals surface area contributed by atoms with E-state index < -0.39 is 6.10 Å². The van der Waals surface area contributed by atoms with Gasteiger partial charge in [0.05, 0.1) is 12.2 Å². The molecular formula is C22H31N3O3. The summed E-state index contributed by atoms with van der Waals surface area (Å²) in [7, 11) is 0. The molecule has 1 aromatic rings. The second-order valence-corrected chi connectivity index (χ2v) is 8.41. The van der Waals surface area contributed by atoms with Crippen LogP contribution in [0.25, 0.3) is 0 Å². The van der Waals surface area contributed by atoms with Crippen LogP contribution in [0.1, 0.15) is 46.0 Å². The number of nitrogens with zero attached hydrogens (tertiary/aromatic N) is 1. The number of anilines is 1. The van der Waals surface area contributed by atoms with Crippen molar-refractivity contribution in [2.24, 2.45) is 11.3 Å². The molecule has 1 aliphatic carbocycles. The molecule has 2 fully saturated rings. The molecule has 6 heteroatoms. The largest absolute Gasteiger partial charge is 0.477 e. The van der Waals surface area contributed by atoms with Gasteiger partial charge in [0, 0.05) is 12.0 Å². The second-order valence-electron chi connectivity index (χ2n) is 8.41. The van der Waals surface area contributed by atoms with Gasteiger partial charge in [0.2, 0.25) is 5.91 Å². The van der Waals surface area contributed by atoms with Crippen LogP contribution in [-0.2, 0) is 9.59 Å². The van der Waals surface area contributed by atoms with Crippen molar-refractivity contribution in [2.45, 2.75) is 58.1 Å². The van der Waals surface area contributed by atoms with E-state index in [1.165, 1.54) is 0 Å². The van der Waals surface area contributed by atoms with Gasteiger partial charge in [-0.25, -0.2) is 0 Å². The average Bonchev–Trinajstić information content (AvgIpc) is 3.43. The number of nitrogens with one attached hydrogen (secondary N) is 2. The van der Waals surface area contributed by atoms with Crippen LogP contribution in [0.5, 0.6) is 5.75 Å². The molecule has 4 rings (SSSR count). The van der Waals surface area contributed by atoms with E-state index in [1.807, 2.05) is 24.3 Å². The van der Waals surface area contributed by atoms with E-state index in [0.717, 1.165) is 50.9 Å².